The molecule has 1 aliphatic carbocycles. The van der Waals surface area contributed by atoms with Crippen molar-refractivity contribution in [3.8, 4) is 0 Å². The molecule has 0 aromatic heterocycles. The zero-order valence-corrected chi connectivity index (χ0v) is 21.6. The van der Waals surface area contributed by atoms with E-state index >= 15 is 0 Å². The summed E-state index contributed by atoms with van der Waals surface area (Å²) in [5.41, 5.74) is 0. The largest absolute Gasteiger partial charge is 0.481 e. The van der Waals surface area contributed by atoms with Crippen LogP contribution in [0.4, 0.5) is 0 Å². The summed E-state index contributed by atoms with van der Waals surface area (Å²) in [5.74, 6) is -2.22. The van der Waals surface area contributed by atoms with Gasteiger partial charge in [-0.15, -0.1) is 0 Å². The van der Waals surface area contributed by atoms with Crippen molar-refractivity contribution >= 4 is 11.9 Å². The second-order valence-electron chi connectivity index (χ2n) is 7.24. The number of carboxylic acid groups (broad SMARTS) is 2. The van der Waals surface area contributed by atoms with E-state index in [2.05, 4.69) is 0 Å². The first-order valence-corrected chi connectivity index (χ1v) is 12.4. The molecule has 0 saturated heterocycles. The molecule has 0 radical (unpaired) electrons. The van der Waals surface area contributed by atoms with Gasteiger partial charge >= 0.3 is 11.9 Å². The minimum absolute atomic E-state index is 0.319. The van der Waals surface area contributed by atoms with Crippen molar-refractivity contribution in [2.75, 3.05) is 79.3 Å². The third kappa shape index (κ3) is 25.3. The van der Waals surface area contributed by atoms with Crippen molar-refractivity contribution in [3.05, 3.63) is 0 Å². The minimum Gasteiger partial charge on any atom is -0.481 e. The lowest BCUT2D eigenvalue weighted by Crippen LogP contribution is -2.25. The topological polar surface area (TPSA) is 130 Å². The summed E-state index contributed by atoms with van der Waals surface area (Å²) in [4.78, 5) is 21.0. The highest BCUT2D eigenvalue weighted by Gasteiger charge is 2.29. The molecule has 204 valence electrons. The third-order valence-corrected chi connectivity index (χ3v) is 4.73. The van der Waals surface area contributed by atoms with Gasteiger partial charge in [0.1, 0.15) is 0 Å². The van der Waals surface area contributed by atoms with Gasteiger partial charge in [-0.25, -0.2) is 0 Å². The van der Waals surface area contributed by atoms with Crippen molar-refractivity contribution in [1.82, 2.24) is 0 Å². The molecule has 10 nitrogen and oxygen atoms in total. The van der Waals surface area contributed by atoms with E-state index in [9.17, 15) is 9.59 Å². The van der Waals surface area contributed by atoms with Crippen molar-refractivity contribution in [3.63, 3.8) is 0 Å². The lowest BCUT2D eigenvalue weighted by atomic mass is 9.82. The van der Waals surface area contributed by atoms with Gasteiger partial charge < -0.3 is 38.6 Å². The highest BCUT2D eigenvalue weighted by molar-refractivity contribution is 5.72. The first kappa shape index (κ1) is 34.9. The van der Waals surface area contributed by atoms with E-state index in [0.29, 0.717) is 78.5 Å². The second-order valence-corrected chi connectivity index (χ2v) is 7.24. The molecule has 10 heteroatoms. The van der Waals surface area contributed by atoms with Gasteiger partial charge in [0.25, 0.3) is 0 Å². The van der Waals surface area contributed by atoms with Crippen LogP contribution in [0.2, 0.25) is 0 Å². The Morgan fingerprint density at radius 2 is 0.706 bits per heavy atom. The zero-order valence-electron chi connectivity index (χ0n) is 21.6. The molecule has 0 aliphatic heterocycles. The molecule has 1 fully saturated rings. The predicted molar refractivity (Wildman–Crippen MR) is 128 cm³/mol. The number of hydrogen-bond donors (Lipinski definition) is 2. The first-order valence-electron chi connectivity index (χ1n) is 12.4. The monoisotopic (exact) mass is 496 g/mol. The van der Waals surface area contributed by atoms with E-state index in [1.165, 1.54) is 0 Å². The SMILES string of the molecule is CCOCCOCCOCC.CCOCCOCCOCC.O=C(O)C1CCC(C(=O)O)CC1. The van der Waals surface area contributed by atoms with Crippen molar-refractivity contribution in [2.45, 2.75) is 53.4 Å². The molecule has 1 saturated carbocycles. The van der Waals surface area contributed by atoms with Gasteiger partial charge in [-0.3, -0.25) is 9.59 Å². The summed E-state index contributed by atoms with van der Waals surface area (Å²) >= 11 is 0. The highest BCUT2D eigenvalue weighted by Crippen LogP contribution is 2.28. The van der Waals surface area contributed by atoms with Crippen molar-refractivity contribution in [1.29, 1.82) is 0 Å². The summed E-state index contributed by atoms with van der Waals surface area (Å²) in [7, 11) is 0. The second kappa shape index (κ2) is 27.9. The van der Waals surface area contributed by atoms with Gasteiger partial charge in [0.2, 0.25) is 0 Å². The summed E-state index contributed by atoms with van der Waals surface area (Å²) in [6.45, 7) is 16.3. The number of rotatable bonds is 18. The van der Waals surface area contributed by atoms with E-state index in [-0.39, 0.29) is 11.8 Å². The number of ether oxygens (including phenoxy) is 6. The normalized spacial score (nSPS) is 17.2. The minimum atomic E-state index is -0.793. The van der Waals surface area contributed by atoms with Crippen LogP contribution < -0.4 is 0 Å². The zero-order chi connectivity index (χ0) is 25.9. The maximum atomic E-state index is 10.5. The first-order chi connectivity index (χ1) is 16.4. The summed E-state index contributed by atoms with van der Waals surface area (Å²) in [6, 6.07) is 0. The van der Waals surface area contributed by atoms with E-state index in [4.69, 9.17) is 38.6 Å². The van der Waals surface area contributed by atoms with Crippen molar-refractivity contribution < 1.29 is 48.2 Å². The Kier molecular flexibility index (Phi) is 28.7. The van der Waals surface area contributed by atoms with E-state index in [1.807, 2.05) is 27.7 Å². The highest BCUT2D eigenvalue weighted by atomic mass is 16.5. The molecular formula is C24H48O10. The van der Waals surface area contributed by atoms with Gasteiger partial charge in [0.15, 0.2) is 0 Å². The van der Waals surface area contributed by atoms with E-state index in [1.54, 1.807) is 0 Å². The van der Waals surface area contributed by atoms with Gasteiger partial charge in [-0.05, 0) is 53.4 Å². The van der Waals surface area contributed by atoms with Gasteiger partial charge in [-0.2, -0.15) is 0 Å². The quantitative estimate of drug-likeness (QED) is 0.273. The summed E-state index contributed by atoms with van der Waals surface area (Å²) in [6.07, 6.45) is 2.03. The molecule has 1 aliphatic rings. The van der Waals surface area contributed by atoms with Crippen LogP contribution in [0.15, 0.2) is 0 Å². The molecule has 0 aromatic rings. The Labute approximate surface area is 205 Å². The van der Waals surface area contributed by atoms with E-state index < -0.39 is 11.9 Å². The molecule has 0 spiro atoms. The van der Waals surface area contributed by atoms with Crippen LogP contribution in [0, 0.1) is 11.8 Å². The molecule has 0 unspecified atom stereocenters. The molecule has 0 atom stereocenters. The molecule has 0 heterocycles. The number of hydrogen-bond acceptors (Lipinski definition) is 8. The van der Waals surface area contributed by atoms with Gasteiger partial charge in [-0.1, -0.05) is 0 Å². The maximum absolute atomic E-state index is 10.5. The Morgan fingerprint density at radius 1 is 0.500 bits per heavy atom. The van der Waals surface area contributed by atoms with Gasteiger partial charge in [0.05, 0.1) is 64.7 Å². The fraction of sp³-hybridized carbons (Fsp3) is 0.917. The predicted octanol–water partition coefficient (Wildman–Crippen LogP) is 3.11. The summed E-state index contributed by atoms with van der Waals surface area (Å²) < 4.78 is 30.7. The molecule has 2 N–H and O–H groups in total. The molecule has 0 bridgehead atoms. The van der Waals surface area contributed by atoms with Crippen LogP contribution in [0.25, 0.3) is 0 Å². The number of carbonyl (C=O) groups is 2. The fourth-order valence-electron chi connectivity index (χ4n) is 2.84. The molecular weight excluding hydrogens is 448 g/mol. The number of aliphatic carboxylic acids is 2. The van der Waals surface area contributed by atoms with Crippen LogP contribution in [0.3, 0.4) is 0 Å². The lowest BCUT2D eigenvalue weighted by Gasteiger charge is -2.22. The van der Waals surface area contributed by atoms with Crippen LogP contribution in [-0.2, 0) is 38.0 Å². The van der Waals surface area contributed by atoms with Gasteiger partial charge in [0, 0.05) is 26.4 Å². The molecule has 1 rings (SSSR count). The maximum Gasteiger partial charge on any atom is 0.306 e. The number of carboxylic acids is 2. The lowest BCUT2D eigenvalue weighted by molar-refractivity contribution is -0.148. The Morgan fingerprint density at radius 3 is 0.882 bits per heavy atom. The summed E-state index contributed by atoms with van der Waals surface area (Å²) in [5, 5.41) is 17.2. The van der Waals surface area contributed by atoms with Crippen LogP contribution in [-0.4, -0.2) is 101 Å². The van der Waals surface area contributed by atoms with E-state index in [0.717, 1.165) is 26.4 Å². The third-order valence-electron chi connectivity index (χ3n) is 4.73. The molecule has 0 aromatic carbocycles. The standard InChI is InChI=1S/C8H12O4.2C8H18O3/c9-7(10)5-1-2-6(4-3-5)8(11)12;2*1-3-9-5-7-11-8-6-10-4-2/h5-6H,1-4H2,(H,9,10)(H,11,12);2*3-8H2,1-2H3. The molecule has 34 heavy (non-hydrogen) atoms. The van der Waals surface area contributed by atoms with Crippen LogP contribution in [0.1, 0.15) is 53.4 Å². The van der Waals surface area contributed by atoms with Crippen LogP contribution in [0.5, 0.6) is 0 Å². The Bertz CT molecular complexity index is 383. The van der Waals surface area contributed by atoms with Crippen LogP contribution >= 0.6 is 0 Å². The molecule has 0 amide bonds. The Balaban J connectivity index is 0. The Hall–Kier alpha value is -1.30. The fourth-order valence-corrected chi connectivity index (χ4v) is 2.84. The average molecular weight is 497 g/mol. The van der Waals surface area contributed by atoms with Crippen molar-refractivity contribution in [2.24, 2.45) is 11.8 Å². The smallest absolute Gasteiger partial charge is 0.306 e. The average Bonchev–Trinajstić information content (AvgIpc) is 2.84.